The Morgan fingerprint density at radius 3 is 1.60 bits per heavy atom. The highest BCUT2D eigenvalue weighted by atomic mass is 35.5. The van der Waals surface area contributed by atoms with Gasteiger partial charge in [-0.05, 0) is 0 Å². The average Bonchev–Trinajstić information content (AvgIpc) is 2.75. The van der Waals surface area contributed by atoms with E-state index in [-0.39, 0.29) is 10.1 Å². The second kappa shape index (κ2) is 4.10. The molecular formula is C10H5Cl6NO3. The Balaban J connectivity index is 2.31. The summed E-state index contributed by atoms with van der Waals surface area (Å²) in [7, 11) is 1.17. The number of halogens is 6. The highest BCUT2D eigenvalue weighted by Gasteiger charge is 2.87. The zero-order valence-electron chi connectivity index (χ0n) is 9.59. The fourth-order valence-electron chi connectivity index (χ4n) is 3.15. The molecule has 0 unspecified atom stereocenters. The molecule has 2 fully saturated rings. The Bertz CT molecular complexity index is 546. The molecule has 110 valence electrons. The Morgan fingerprint density at radius 2 is 1.30 bits per heavy atom. The molecule has 10 heteroatoms. The van der Waals surface area contributed by atoms with Crippen molar-refractivity contribution in [1.82, 2.24) is 5.06 Å². The third kappa shape index (κ3) is 1.22. The molecule has 3 aliphatic rings. The molecular weight excluding hydrogens is 395 g/mol. The van der Waals surface area contributed by atoms with E-state index < -0.39 is 37.7 Å². The van der Waals surface area contributed by atoms with Crippen molar-refractivity contribution in [1.29, 1.82) is 0 Å². The number of nitrogens with zero attached hydrogens (tertiary/aromatic N) is 1. The second-order valence-corrected chi connectivity index (χ2v) is 8.01. The van der Waals surface area contributed by atoms with E-state index in [0.29, 0.717) is 5.06 Å². The number of imide groups is 1. The van der Waals surface area contributed by atoms with Crippen molar-refractivity contribution in [3.05, 3.63) is 10.1 Å². The van der Waals surface area contributed by atoms with Crippen LogP contribution < -0.4 is 0 Å². The minimum Gasteiger partial charge on any atom is -0.272 e. The van der Waals surface area contributed by atoms with Crippen molar-refractivity contribution in [2.45, 2.75) is 14.1 Å². The number of hydrogen-bond acceptors (Lipinski definition) is 3. The van der Waals surface area contributed by atoms with Gasteiger partial charge in [0.1, 0.15) is 9.75 Å². The van der Waals surface area contributed by atoms with Crippen molar-refractivity contribution in [3.63, 3.8) is 0 Å². The number of amides is 2. The first-order chi connectivity index (χ1) is 9.08. The number of alkyl halides is 4. The standard InChI is InChI=1S/C10H5Cl6NO3/c1-20-17-6(18)2-3(7(17)19)9(14)5(12)4(11)8(2,13)10(9,15)16/h2-3H,1H3/t2-,3-,8-,9-/m1/s1. The van der Waals surface area contributed by atoms with Gasteiger partial charge >= 0.3 is 0 Å². The molecule has 1 aliphatic heterocycles. The van der Waals surface area contributed by atoms with Crippen molar-refractivity contribution < 1.29 is 14.4 Å². The molecule has 4 nitrogen and oxygen atoms in total. The molecule has 1 saturated heterocycles. The first kappa shape index (κ1) is 15.5. The highest BCUT2D eigenvalue weighted by Crippen LogP contribution is 2.77. The Hall–Kier alpha value is 0.580. The lowest BCUT2D eigenvalue weighted by Gasteiger charge is -2.34. The molecule has 2 amide bonds. The van der Waals surface area contributed by atoms with E-state index in [4.69, 9.17) is 74.4 Å². The Morgan fingerprint density at radius 1 is 0.950 bits per heavy atom. The third-order valence-electron chi connectivity index (χ3n) is 4.05. The van der Waals surface area contributed by atoms with E-state index in [9.17, 15) is 9.59 Å². The first-order valence-electron chi connectivity index (χ1n) is 5.32. The number of hydrogen-bond donors (Lipinski definition) is 0. The zero-order valence-corrected chi connectivity index (χ0v) is 14.1. The predicted molar refractivity (Wildman–Crippen MR) is 76.2 cm³/mol. The average molecular weight is 400 g/mol. The number of rotatable bonds is 1. The largest absolute Gasteiger partial charge is 0.272 e. The van der Waals surface area contributed by atoms with Gasteiger partial charge < -0.3 is 0 Å². The van der Waals surface area contributed by atoms with Crippen LogP contribution in [0.25, 0.3) is 0 Å². The topological polar surface area (TPSA) is 46.6 Å². The first-order valence-corrected chi connectivity index (χ1v) is 7.59. The normalized spacial score (nSPS) is 45.6. The lowest BCUT2D eigenvalue weighted by molar-refractivity contribution is -0.182. The molecule has 20 heavy (non-hydrogen) atoms. The number of carbonyl (C=O) groups is 2. The molecule has 0 N–H and O–H groups in total. The van der Waals surface area contributed by atoms with Crippen molar-refractivity contribution >= 4 is 81.4 Å². The van der Waals surface area contributed by atoms with Crippen LogP contribution in [-0.2, 0) is 14.4 Å². The van der Waals surface area contributed by atoms with Gasteiger partial charge in [0.25, 0.3) is 11.8 Å². The van der Waals surface area contributed by atoms with E-state index in [1.54, 1.807) is 0 Å². The van der Waals surface area contributed by atoms with Crippen LogP contribution in [0.1, 0.15) is 0 Å². The summed E-state index contributed by atoms with van der Waals surface area (Å²) in [5, 5.41) is 0.328. The van der Waals surface area contributed by atoms with Gasteiger partial charge in [-0.25, -0.2) is 0 Å². The van der Waals surface area contributed by atoms with Crippen molar-refractivity contribution in [2.24, 2.45) is 11.8 Å². The maximum atomic E-state index is 12.3. The van der Waals surface area contributed by atoms with Gasteiger partial charge in [0, 0.05) is 0 Å². The summed E-state index contributed by atoms with van der Waals surface area (Å²) in [5.41, 5.74) is 0. The number of carbonyl (C=O) groups excluding carboxylic acids is 2. The van der Waals surface area contributed by atoms with Crippen LogP contribution in [0, 0.1) is 11.8 Å². The molecule has 0 radical (unpaired) electrons. The monoisotopic (exact) mass is 397 g/mol. The number of hydroxylamine groups is 2. The van der Waals surface area contributed by atoms with E-state index in [1.807, 2.05) is 0 Å². The molecule has 1 heterocycles. The Kier molecular flexibility index (Phi) is 3.18. The fourth-order valence-corrected chi connectivity index (χ4v) is 6.08. The summed E-state index contributed by atoms with van der Waals surface area (Å²) in [5.74, 6) is -3.68. The van der Waals surface area contributed by atoms with Gasteiger partial charge in [-0.3, -0.25) is 14.4 Å². The van der Waals surface area contributed by atoms with Gasteiger partial charge in [0.2, 0.25) is 0 Å². The SMILES string of the molecule is CON1C(=O)[C@H]2[C@H](C1=O)[C@@]1(Cl)C(Cl)=C(Cl)[C@@]2(Cl)C1(Cl)Cl. The summed E-state index contributed by atoms with van der Waals surface area (Å²) in [4.78, 5) is 25.8. The molecule has 4 atom stereocenters. The van der Waals surface area contributed by atoms with Crippen molar-refractivity contribution in [3.8, 4) is 0 Å². The van der Waals surface area contributed by atoms with Crippen LogP contribution in [0.4, 0.5) is 0 Å². The summed E-state index contributed by atoms with van der Waals surface area (Å²) in [6, 6.07) is 0. The molecule has 2 bridgehead atoms. The molecule has 3 rings (SSSR count). The lowest BCUT2D eigenvalue weighted by atomic mass is 9.84. The van der Waals surface area contributed by atoms with Crippen molar-refractivity contribution in [2.75, 3.05) is 7.11 Å². The maximum Gasteiger partial charge on any atom is 0.259 e. The van der Waals surface area contributed by atoms with Crippen LogP contribution in [0.5, 0.6) is 0 Å². The summed E-state index contributed by atoms with van der Waals surface area (Å²) >= 11 is 37.5. The molecule has 0 aromatic carbocycles. The molecule has 0 aromatic rings. The smallest absolute Gasteiger partial charge is 0.259 e. The molecule has 1 saturated carbocycles. The van der Waals surface area contributed by atoms with E-state index >= 15 is 0 Å². The number of fused-ring (bicyclic) bond motifs is 5. The molecule has 2 aliphatic carbocycles. The number of allylic oxidation sites excluding steroid dienone is 2. The minimum absolute atomic E-state index is 0.124. The second-order valence-electron chi connectivity index (χ2n) is 4.73. The van der Waals surface area contributed by atoms with Gasteiger partial charge in [0.05, 0.1) is 29.0 Å². The highest BCUT2D eigenvalue weighted by molar-refractivity contribution is 6.66. The molecule has 0 spiro atoms. The van der Waals surface area contributed by atoms with Crippen LogP contribution >= 0.6 is 69.6 Å². The van der Waals surface area contributed by atoms with Crippen LogP contribution in [0.3, 0.4) is 0 Å². The minimum atomic E-state index is -1.90. The Labute approximate surface area is 143 Å². The maximum absolute atomic E-state index is 12.3. The summed E-state index contributed by atoms with van der Waals surface area (Å²) in [6.07, 6.45) is 0. The van der Waals surface area contributed by atoms with Gasteiger partial charge in [-0.2, -0.15) is 5.06 Å². The van der Waals surface area contributed by atoms with E-state index in [1.165, 1.54) is 7.11 Å². The van der Waals surface area contributed by atoms with Crippen LogP contribution in [-0.4, -0.2) is 38.1 Å². The van der Waals surface area contributed by atoms with E-state index in [0.717, 1.165) is 0 Å². The summed E-state index contributed by atoms with van der Waals surface area (Å²) in [6.45, 7) is 0. The summed E-state index contributed by atoms with van der Waals surface area (Å²) < 4.78 is -1.90. The zero-order chi connectivity index (χ0) is 15.2. The lowest BCUT2D eigenvalue weighted by Crippen LogP contribution is -2.49. The van der Waals surface area contributed by atoms with Gasteiger partial charge in [0.15, 0.2) is 4.33 Å². The third-order valence-corrected chi connectivity index (χ3v) is 8.31. The quantitative estimate of drug-likeness (QED) is 0.503. The van der Waals surface area contributed by atoms with E-state index in [2.05, 4.69) is 0 Å². The predicted octanol–water partition coefficient (Wildman–Crippen LogP) is 2.99. The van der Waals surface area contributed by atoms with Gasteiger partial charge in [-0.15, -0.1) is 23.2 Å². The van der Waals surface area contributed by atoms with Gasteiger partial charge in [-0.1, -0.05) is 46.4 Å². The van der Waals surface area contributed by atoms with Crippen LogP contribution in [0.15, 0.2) is 10.1 Å². The fraction of sp³-hybridized carbons (Fsp3) is 0.600. The molecule has 0 aromatic heterocycles. The van der Waals surface area contributed by atoms with Crippen LogP contribution in [0.2, 0.25) is 0 Å².